The molecule has 0 aliphatic carbocycles. The number of benzene rings is 4. The van der Waals surface area contributed by atoms with E-state index in [1.54, 1.807) is 0 Å². The van der Waals surface area contributed by atoms with E-state index in [1.165, 1.54) is 13.8 Å². The van der Waals surface area contributed by atoms with Crippen LogP contribution in [0.2, 0.25) is 0 Å². The fraction of sp³-hybridized carbons (Fsp3) is 0.0612. The molecular weight excluding hydrogens is 850 g/mol. The molecule has 5 heterocycles. The van der Waals surface area contributed by atoms with Crippen molar-refractivity contribution in [1.29, 1.82) is 0 Å². The summed E-state index contributed by atoms with van der Waals surface area (Å²) < 4.78 is 0. The molecule has 6 nitrogen and oxygen atoms in total. The number of Topliss-reactive ketones (excluding diaryl/α,β-unsaturated/α-hetero) is 2. The van der Waals surface area contributed by atoms with Gasteiger partial charge < -0.3 is 9.97 Å². The monoisotopic (exact) mass is 888 g/mol. The van der Waals surface area contributed by atoms with Gasteiger partial charge in [-0.25, -0.2) is 9.97 Å². The number of aromatic amines is 2. The Labute approximate surface area is 364 Å². The molecule has 4 aromatic carbocycles. The van der Waals surface area contributed by atoms with E-state index >= 15 is 0 Å². The molecular formula is C49H38N4O2Yb+3. The number of rotatable bonds is 6. The smallest absolute Gasteiger partial charge is 0.354 e. The second kappa shape index (κ2) is 17.4. The normalized spacial score (nSPS) is 11.3. The third-order valence-electron chi connectivity index (χ3n) is 9.50. The van der Waals surface area contributed by atoms with Crippen molar-refractivity contribution in [2.75, 3.05) is 0 Å². The molecule has 0 unspecified atom stereocenters. The quantitative estimate of drug-likeness (QED) is 0.163. The SMILES string of the molecule is C1=Cc2nc1c(-c1ccccc1)c1nc(c(-c3ccccc3)c3ccc([nH]3)c(-c3ccccc3)c3ccc([nH]3)c2-c2ccccc2)C=C1.CC(=O)CC(C)=O.[Yb+3]. The van der Waals surface area contributed by atoms with E-state index in [1.807, 2.05) is 18.2 Å². The third-order valence-corrected chi connectivity index (χ3v) is 9.50. The second-order valence-electron chi connectivity index (χ2n) is 13.5. The van der Waals surface area contributed by atoms with Crippen molar-refractivity contribution in [3.8, 4) is 44.5 Å². The average Bonchev–Trinajstić information content (AvgIpc) is 4.04. The number of nitrogens with zero attached hydrogens (tertiary/aromatic N) is 2. The molecule has 9 rings (SSSR count). The molecule has 56 heavy (non-hydrogen) atoms. The first-order chi connectivity index (χ1) is 26.9. The minimum atomic E-state index is -0.0625. The summed E-state index contributed by atoms with van der Waals surface area (Å²) in [5, 5.41) is 0. The predicted molar refractivity (Wildman–Crippen MR) is 227 cm³/mol. The molecule has 2 aliphatic heterocycles. The molecule has 277 valence electrons. The zero-order valence-corrected chi connectivity index (χ0v) is 32.6. The molecule has 0 fully saturated rings. The second-order valence-corrected chi connectivity index (χ2v) is 13.5. The number of carbonyl (C=O) groups is 2. The molecule has 3 aromatic heterocycles. The van der Waals surface area contributed by atoms with Crippen LogP contribution in [0.4, 0.5) is 0 Å². The molecule has 2 N–H and O–H groups in total. The van der Waals surface area contributed by atoms with Crippen molar-refractivity contribution < 1.29 is 56.5 Å². The number of nitrogens with one attached hydrogen (secondary N) is 2. The van der Waals surface area contributed by atoms with Crippen LogP contribution in [0, 0.1) is 46.9 Å². The Morgan fingerprint density at radius 2 is 0.661 bits per heavy atom. The van der Waals surface area contributed by atoms with Crippen molar-refractivity contribution in [3.05, 3.63) is 168 Å². The Kier molecular flexibility index (Phi) is 12.0. The molecule has 0 amide bonds. The van der Waals surface area contributed by atoms with E-state index in [0.717, 1.165) is 89.4 Å². The van der Waals surface area contributed by atoms with Crippen LogP contribution in [0.3, 0.4) is 0 Å². The van der Waals surface area contributed by atoms with E-state index in [9.17, 15) is 9.59 Å². The number of carbonyl (C=O) groups excluding carboxylic acids is 2. The van der Waals surface area contributed by atoms with E-state index < -0.39 is 0 Å². The maximum absolute atomic E-state index is 10.0. The Balaban J connectivity index is 0.000000552. The first-order valence-corrected chi connectivity index (χ1v) is 18.3. The average molecular weight is 888 g/mol. The summed E-state index contributed by atoms with van der Waals surface area (Å²) in [5.41, 5.74) is 16.2. The maximum atomic E-state index is 10.0. The summed E-state index contributed by atoms with van der Waals surface area (Å²) >= 11 is 0. The Bertz CT molecular complexity index is 2620. The molecule has 0 saturated carbocycles. The molecule has 7 aromatic rings. The summed E-state index contributed by atoms with van der Waals surface area (Å²) in [6, 6.07) is 50.7. The van der Waals surface area contributed by atoms with Gasteiger partial charge in [0.25, 0.3) is 0 Å². The zero-order valence-electron chi connectivity index (χ0n) is 30.9. The molecule has 8 bridgehead atoms. The van der Waals surface area contributed by atoms with Gasteiger partial charge >= 0.3 is 46.9 Å². The van der Waals surface area contributed by atoms with Crippen molar-refractivity contribution in [2.24, 2.45) is 0 Å². The van der Waals surface area contributed by atoms with Gasteiger partial charge in [0.2, 0.25) is 0 Å². The van der Waals surface area contributed by atoms with E-state index in [0.29, 0.717) is 0 Å². The van der Waals surface area contributed by atoms with Crippen LogP contribution in [0.1, 0.15) is 43.0 Å². The van der Waals surface area contributed by atoms with Crippen LogP contribution < -0.4 is 0 Å². The third kappa shape index (κ3) is 8.29. The fourth-order valence-electron chi connectivity index (χ4n) is 7.19. The van der Waals surface area contributed by atoms with Gasteiger partial charge in [-0.3, -0.25) is 9.59 Å². The van der Waals surface area contributed by atoms with Gasteiger partial charge in [-0.05, 0) is 84.7 Å². The summed E-state index contributed by atoms with van der Waals surface area (Å²) in [5.74, 6) is -0.125. The van der Waals surface area contributed by atoms with Gasteiger partial charge in [-0.2, -0.15) is 0 Å². The Hall–Kier alpha value is -5.66. The fourth-order valence-corrected chi connectivity index (χ4v) is 7.19. The zero-order chi connectivity index (χ0) is 37.7. The van der Waals surface area contributed by atoms with Crippen molar-refractivity contribution >= 4 is 57.9 Å². The molecule has 0 saturated heterocycles. The standard InChI is InChI=1S/C44H30N4.C5H8O2.Yb/c1-5-13-29(14-6-1)41-33-21-23-35(45-33)42(30-15-7-2-8-16-30)37-25-27-39(47-37)44(32-19-11-4-12-20-32)40-28-26-38(48-40)43(31-17-9-3-10-18-31)36-24-22-34(41)46-36;1-4(6)3-5(2)7;/h1-28,45-46H;3H2,1-2H3;/q;;+3. The largest absolute Gasteiger partial charge is 3.00 e. The van der Waals surface area contributed by atoms with Crippen molar-refractivity contribution in [1.82, 2.24) is 19.9 Å². The van der Waals surface area contributed by atoms with Gasteiger partial charge in [0.1, 0.15) is 11.6 Å². The van der Waals surface area contributed by atoms with Gasteiger partial charge in [0.15, 0.2) is 0 Å². The summed E-state index contributed by atoms with van der Waals surface area (Å²) in [6.07, 6.45) is 8.58. The molecule has 7 heteroatoms. The van der Waals surface area contributed by atoms with Crippen LogP contribution in [-0.4, -0.2) is 31.5 Å². The molecule has 1 radical (unpaired) electrons. The summed E-state index contributed by atoms with van der Waals surface area (Å²) in [4.78, 5) is 38.4. The van der Waals surface area contributed by atoms with E-state index in [4.69, 9.17) is 9.97 Å². The summed E-state index contributed by atoms with van der Waals surface area (Å²) in [7, 11) is 0. The number of aromatic nitrogens is 4. The van der Waals surface area contributed by atoms with Crippen LogP contribution in [0.15, 0.2) is 146 Å². The number of hydrogen-bond donors (Lipinski definition) is 2. The first-order valence-electron chi connectivity index (χ1n) is 18.3. The minimum absolute atomic E-state index is 0. The number of fused-ring (bicyclic) bond motifs is 8. The van der Waals surface area contributed by atoms with Crippen LogP contribution in [0.25, 0.3) is 90.9 Å². The van der Waals surface area contributed by atoms with E-state index in [2.05, 4.69) is 162 Å². The van der Waals surface area contributed by atoms with Crippen molar-refractivity contribution in [2.45, 2.75) is 20.3 Å². The van der Waals surface area contributed by atoms with Gasteiger partial charge in [0.05, 0.1) is 29.2 Å². The Morgan fingerprint density at radius 1 is 0.393 bits per heavy atom. The predicted octanol–water partition coefficient (Wildman–Crippen LogP) is 11.9. The number of H-pyrrole nitrogens is 2. The minimum Gasteiger partial charge on any atom is -0.354 e. The van der Waals surface area contributed by atoms with Gasteiger partial charge in [-0.15, -0.1) is 0 Å². The molecule has 0 atom stereocenters. The number of hydrogen-bond acceptors (Lipinski definition) is 4. The topological polar surface area (TPSA) is 91.5 Å². The Morgan fingerprint density at radius 3 is 0.964 bits per heavy atom. The van der Waals surface area contributed by atoms with Gasteiger partial charge in [0, 0.05) is 44.3 Å². The molecule has 2 aliphatic rings. The van der Waals surface area contributed by atoms with Crippen LogP contribution >= 0.6 is 0 Å². The maximum Gasteiger partial charge on any atom is 3.00 e. The molecule has 0 spiro atoms. The summed E-state index contributed by atoms with van der Waals surface area (Å²) in [6.45, 7) is 2.81. The van der Waals surface area contributed by atoms with Crippen LogP contribution in [0.5, 0.6) is 0 Å². The van der Waals surface area contributed by atoms with E-state index in [-0.39, 0.29) is 64.9 Å². The van der Waals surface area contributed by atoms with Crippen molar-refractivity contribution in [3.63, 3.8) is 0 Å². The van der Waals surface area contributed by atoms with Gasteiger partial charge in [-0.1, -0.05) is 121 Å². The first kappa shape index (κ1) is 38.6. The number of ketones is 2. The van der Waals surface area contributed by atoms with Crippen LogP contribution in [-0.2, 0) is 9.59 Å².